The van der Waals surface area contributed by atoms with Gasteiger partial charge in [-0.3, -0.25) is 0 Å². The second kappa shape index (κ2) is 7.10. The first-order valence-electron chi connectivity index (χ1n) is 7.39. The maximum absolute atomic E-state index is 12.4. The molecule has 3 aromatic rings. The summed E-state index contributed by atoms with van der Waals surface area (Å²) in [4.78, 5) is 4.05. The number of hydrogen-bond acceptors (Lipinski definition) is 8. The zero-order chi connectivity index (χ0) is 17.0. The van der Waals surface area contributed by atoms with E-state index in [1.807, 2.05) is 37.3 Å². The van der Waals surface area contributed by atoms with Crippen LogP contribution in [0.2, 0.25) is 0 Å². The van der Waals surface area contributed by atoms with Crippen LogP contribution in [0.1, 0.15) is 19.2 Å². The van der Waals surface area contributed by atoms with Gasteiger partial charge >= 0.3 is 0 Å². The quantitative estimate of drug-likeness (QED) is 0.688. The maximum Gasteiger partial charge on any atom is 0.234 e. The molecule has 0 aliphatic carbocycles. The maximum atomic E-state index is 12.4. The molecule has 0 spiro atoms. The van der Waals surface area contributed by atoms with Crippen LogP contribution in [-0.4, -0.2) is 30.1 Å². The van der Waals surface area contributed by atoms with E-state index in [0.29, 0.717) is 10.9 Å². The van der Waals surface area contributed by atoms with Gasteiger partial charge in [0, 0.05) is 12.1 Å². The van der Waals surface area contributed by atoms with E-state index in [2.05, 4.69) is 20.5 Å². The molecule has 0 radical (unpaired) electrons. The molecule has 0 fully saturated rings. The molecule has 126 valence electrons. The first-order valence-corrected chi connectivity index (χ1v) is 9.85. The summed E-state index contributed by atoms with van der Waals surface area (Å²) in [5.74, 6) is 0.317. The molecule has 0 saturated carbocycles. The summed E-state index contributed by atoms with van der Waals surface area (Å²) < 4.78 is 30.3. The van der Waals surface area contributed by atoms with Crippen LogP contribution >= 0.6 is 11.3 Å². The Kier molecular flexibility index (Phi) is 4.91. The lowest BCUT2D eigenvalue weighted by Gasteiger charge is -1.97. The highest BCUT2D eigenvalue weighted by Crippen LogP contribution is 2.25. The van der Waals surface area contributed by atoms with E-state index in [-0.39, 0.29) is 16.0 Å². The molecule has 2 heterocycles. The van der Waals surface area contributed by atoms with Crippen molar-refractivity contribution in [1.82, 2.24) is 15.2 Å². The average Bonchev–Trinajstić information content (AvgIpc) is 3.23. The molecule has 0 saturated heterocycles. The zero-order valence-corrected chi connectivity index (χ0v) is 14.6. The van der Waals surface area contributed by atoms with Gasteiger partial charge in [-0.05, 0) is 6.42 Å². The molecule has 0 unspecified atom stereocenters. The van der Waals surface area contributed by atoms with E-state index < -0.39 is 9.84 Å². The zero-order valence-electron chi connectivity index (χ0n) is 13.0. The molecular weight excluding hydrogens is 348 g/mol. The summed E-state index contributed by atoms with van der Waals surface area (Å²) in [7, 11) is -3.64. The van der Waals surface area contributed by atoms with Gasteiger partial charge in [0.25, 0.3) is 0 Å². The summed E-state index contributed by atoms with van der Waals surface area (Å²) in [5.41, 5.74) is 0.843. The third kappa shape index (κ3) is 3.80. The highest BCUT2D eigenvalue weighted by molar-refractivity contribution is 7.92. The topological polar surface area (TPSA) is 98.0 Å². The Balaban J connectivity index is 1.75. The molecule has 2 aromatic heterocycles. The molecular formula is C15H16N4O3S2. The van der Waals surface area contributed by atoms with E-state index in [1.54, 1.807) is 0 Å². The number of rotatable bonds is 7. The summed E-state index contributed by atoms with van der Waals surface area (Å²) in [6, 6.07) is 9.38. The minimum atomic E-state index is -3.64. The highest BCUT2D eigenvalue weighted by atomic mass is 32.2. The summed E-state index contributed by atoms with van der Waals surface area (Å²) in [6.07, 6.45) is 2.44. The van der Waals surface area contributed by atoms with Crippen molar-refractivity contribution in [3.8, 4) is 11.3 Å². The van der Waals surface area contributed by atoms with Gasteiger partial charge in [0.05, 0.1) is 6.20 Å². The van der Waals surface area contributed by atoms with Crippen LogP contribution in [-0.2, 0) is 15.6 Å². The minimum Gasteiger partial charge on any atom is -0.440 e. The van der Waals surface area contributed by atoms with Crippen LogP contribution in [0.25, 0.3) is 11.3 Å². The van der Waals surface area contributed by atoms with Crippen LogP contribution in [0, 0.1) is 0 Å². The SMILES string of the molecule is CCCNc1nnc(S(=O)(=O)Cc2ncc(-c3ccccc3)o2)s1. The van der Waals surface area contributed by atoms with Crippen molar-refractivity contribution in [3.05, 3.63) is 42.4 Å². The summed E-state index contributed by atoms with van der Waals surface area (Å²) in [5, 5.41) is 11.1. The van der Waals surface area contributed by atoms with Crippen LogP contribution in [0.3, 0.4) is 0 Å². The van der Waals surface area contributed by atoms with Gasteiger partial charge in [-0.15, -0.1) is 10.2 Å². The fraction of sp³-hybridized carbons (Fsp3) is 0.267. The Morgan fingerprint density at radius 2 is 2.00 bits per heavy atom. The van der Waals surface area contributed by atoms with Gasteiger partial charge in [-0.2, -0.15) is 0 Å². The average molecular weight is 364 g/mol. The first-order chi connectivity index (χ1) is 11.6. The Hall–Kier alpha value is -2.26. The van der Waals surface area contributed by atoms with Gasteiger partial charge in [-0.1, -0.05) is 48.6 Å². The van der Waals surface area contributed by atoms with Gasteiger partial charge < -0.3 is 9.73 Å². The number of benzene rings is 1. The monoisotopic (exact) mass is 364 g/mol. The molecule has 3 rings (SSSR count). The second-order valence-corrected chi connectivity index (χ2v) is 8.18. The molecule has 7 nitrogen and oxygen atoms in total. The smallest absolute Gasteiger partial charge is 0.234 e. The molecule has 0 aliphatic heterocycles. The summed E-state index contributed by atoms with van der Waals surface area (Å²) >= 11 is 1.01. The molecule has 24 heavy (non-hydrogen) atoms. The Morgan fingerprint density at radius 1 is 1.21 bits per heavy atom. The van der Waals surface area contributed by atoms with E-state index in [4.69, 9.17) is 4.42 Å². The van der Waals surface area contributed by atoms with Crippen molar-refractivity contribution in [2.45, 2.75) is 23.4 Å². The number of oxazole rings is 1. The number of nitrogens with one attached hydrogen (secondary N) is 1. The van der Waals surface area contributed by atoms with Crippen LogP contribution < -0.4 is 5.32 Å². The largest absolute Gasteiger partial charge is 0.440 e. The fourth-order valence-corrected chi connectivity index (χ4v) is 4.15. The number of sulfone groups is 1. The van der Waals surface area contributed by atoms with Crippen LogP contribution in [0.5, 0.6) is 0 Å². The van der Waals surface area contributed by atoms with Crippen molar-refractivity contribution < 1.29 is 12.8 Å². The van der Waals surface area contributed by atoms with E-state index >= 15 is 0 Å². The Morgan fingerprint density at radius 3 is 2.75 bits per heavy atom. The lowest BCUT2D eigenvalue weighted by Crippen LogP contribution is -2.04. The van der Waals surface area contributed by atoms with Crippen LogP contribution in [0.4, 0.5) is 5.13 Å². The number of hydrogen-bond donors (Lipinski definition) is 1. The lowest BCUT2D eigenvalue weighted by molar-refractivity contribution is 0.519. The van der Waals surface area contributed by atoms with Gasteiger partial charge in [0.2, 0.25) is 25.2 Å². The van der Waals surface area contributed by atoms with Gasteiger partial charge in [0.1, 0.15) is 5.75 Å². The molecule has 0 amide bonds. The number of aromatic nitrogens is 3. The fourth-order valence-electron chi connectivity index (χ4n) is 1.98. The molecule has 9 heteroatoms. The number of anilines is 1. The highest BCUT2D eigenvalue weighted by Gasteiger charge is 2.24. The molecule has 0 bridgehead atoms. The third-order valence-electron chi connectivity index (χ3n) is 3.12. The van der Waals surface area contributed by atoms with Crippen molar-refractivity contribution in [2.24, 2.45) is 0 Å². The summed E-state index contributed by atoms with van der Waals surface area (Å²) in [6.45, 7) is 2.73. The van der Waals surface area contributed by atoms with Crippen LogP contribution in [0.15, 0.2) is 45.3 Å². The van der Waals surface area contributed by atoms with Crippen molar-refractivity contribution in [1.29, 1.82) is 0 Å². The lowest BCUT2D eigenvalue weighted by atomic mass is 10.2. The van der Waals surface area contributed by atoms with Gasteiger partial charge in [0.15, 0.2) is 5.76 Å². The molecule has 0 aliphatic rings. The molecule has 0 atom stereocenters. The number of nitrogens with zero attached hydrogens (tertiary/aromatic N) is 3. The second-order valence-electron chi connectivity index (χ2n) is 5.04. The first kappa shape index (κ1) is 16.6. The van der Waals surface area contributed by atoms with Gasteiger partial charge in [-0.25, -0.2) is 13.4 Å². The predicted molar refractivity (Wildman–Crippen MR) is 91.5 cm³/mol. The normalized spacial score (nSPS) is 11.5. The van der Waals surface area contributed by atoms with Crippen molar-refractivity contribution in [3.63, 3.8) is 0 Å². The molecule has 1 aromatic carbocycles. The predicted octanol–water partition coefficient (Wildman–Crippen LogP) is 2.99. The van der Waals surface area contributed by atoms with E-state index in [1.165, 1.54) is 6.20 Å². The third-order valence-corrected chi connectivity index (χ3v) is 6.05. The van der Waals surface area contributed by atoms with Crippen molar-refractivity contribution in [2.75, 3.05) is 11.9 Å². The van der Waals surface area contributed by atoms with Crippen molar-refractivity contribution >= 4 is 26.3 Å². The molecule has 1 N–H and O–H groups in total. The van der Waals surface area contributed by atoms with E-state index in [9.17, 15) is 8.42 Å². The Bertz CT molecular complexity index is 904. The standard InChI is InChI=1S/C15H16N4O3S2/c1-2-8-16-14-18-19-15(23-14)24(20,21)10-13-17-9-12(22-13)11-6-4-3-5-7-11/h3-7,9H,2,8,10H2,1H3,(H,16,18). The van der Waals surface area contributed by atoms with E-state index in [0.717, 1.165) is 29.9 Å². The minimum absolute atomic E-state index is 0.0411. The Labute approximate surface area is 143 Å².